The summed E-state index contributed by atoms with van der Waals surface area (Å²) in [6.07, 6.45) is 4.94. The van der Waals surface area contributed by atoms with Crippen molar-refractivity contribution >= 4 is 50.4 Å². The Morgan fingerprint density at radius 2 is 1.92 bits per heavy atom. The van der Waals surface area contributed by atoms with Gasteiger partial charge in [0, 0.05) is 49.2 Å². The van der Waals surface area contributed by atoms with Crippen LogP contribution in [0.3, 0.4) is 0 Å². The second-order valence-corrected chi connectivity index (χ2v) is 10.8. The van der Waals surface area contributed by atoms with E-state index < -0.39 is 6.04 Å². The highest BCUT2D eigenvalue weighted by atomic mass is 35.5. The molecule has 6 rings (SSSR count). The fourth-order valence-corrected chi connectivity index (χ4v) is 6.08. The summed E-state index contributed by atoms with van der Waals surface area (Å²) in [7, 11) is 1.99. The van der Waals surface area contributed by atoms with Gasteiger partial charge < -0.3 is 14.2 Å². The lowest BCUT2D eigenvalue weighted by atomic mass is 10.1. The number of thiazole rings is 1. The van der Waals surface area contributed by atoms with E-state index in [0.29, 0.717) is 16.6 Å². The van der Waals surface area contributed by atoms with Crippen LogP contribution in [-0.2, 0) is 23.0 Å². The molecule has 198 valence electrons. The van der Waals surface area contributed by atoms with Gasteiger partial charge in [-0.05, 0) is 48.0 Å². The Labute approximate surface area is 235 Å². The fraction of sp³-hybridized carbons (Fsp3) is 0.241. The number of hydrogen-bond donors (Lipinski definition) is 0. The normalized spacial score (nSPS) is 14.5. The summed E-state index contributed by atoms with van der Waals surface area (Å²) >= 11 is 7.64. The molecule has 1 unspecified atom stereocenters. The summed E-state index contributed by atoms with van der Waals surface area (Å²) in [6.45, 7) is 3.28. The zero-order valence-corrected chi connectivity index (χ0v) is 23.0. The number of anilines is 2. The first-order chi connectivity index (χ1) is 19.1. The average molecular weight is 559 g/mol. The molecular weight excluding hydrogens is 532 g/mol. The Morgan fingerprint density at radius 3 is 2.67 bits per heavy atom. The van der Waals surface area contributed by atoms with Crippen LogP contribution in [0.15, 0.2) is 73.1 Å². The predicted molar refractivity (Wildman–Crippen MR) is 156 cm³/mol. The molecule has 0 aliphatic carbocycles. The smallest absolute Gasteiger partial charge is 0.216 e. The Morgan fingerprint density at radius 1 is 1.10 bits per heavy atom. The van der Waals surface area contributed by atoms with E-state index in [1.165, 1.54) is 17.0 Å². The predicted octanol–water partition coefficient (Wildman–Crippen LogP) is 5.53. The first kappa shape index (κ1) is 25.5. The third-order valence-corrected chi connectivity index (χ3v) is 8.28. The minimum atomic E-state index is -0.417. The first-order valence-corrected chi connectivity index (χ1v) is 13.9. The zero-order valence-electron chi connectivity index (χ0n) is 21.4. The van der Waals surface area contributed by atoms with E-state index in [1.807, 2.05) is 49.6 Å². The second kappa shape index (κ2) is 11.1. The number of morpholine rings is 1. The summed E-state index contributed by atoms with van der Waals surface area (Å²) in [4.78, 5) is 30.7. The third-order valence-electron chi connectivity index (χ3n) is 7.00. The highest BCUT2D eigenvalue weighted by Crippen LogP contribution is 2.36. The zero-order chi connectivity index (χ0) is 26.8. The summed E-state index contributed by atoms with van der Waals surface area (Å²) in [5.41, 5.74) is 4.81. The van der Waals surface area contributed by atoms with E-state index in [2.05, 4.69) is 38.7 Å². The van der Waals surface area contributed by atoms with Gasteiger partial charge in [0.15, 0.2) is 5.13 Å². The van der Waals surface area contributed by atoms with E-state index >= 15 is 0 Å². The van der Waals surface area contributed by atoms with Gasteiger partial charge in [0.1, 0.15) is 11.9 Å². The Kier molecular flexibility index (Phi) is 7.28. The molecule has 0 radical (unpaired) electrons. The van der Waals surface area contributed by atoms with Crippen molar-refractivity contribution in [1.29, 1.82) is 0 Å². The van der Waals surface area contributed by atoms with Crippen molar-refractivity contribution in [2.45, 2.75) is 12.5 Å². The molecule has 0 saturated carbocycles. The van der Waals surface area contributed by atoms with Gasteiger partial charge in [-0.25, -0.2) is 9.97 Å². The third kappa shape index (κ3) is 5.25. The summed E-state index contributed by atoms with van der Waals surface area (Å²) in [6, 6.07) is 19.5. The highest BCUT2D eigenvalue weighted by molar-refractivity contribution is 7.22. The van der Waals surface area contributed by atoms with E-state index in [9.17, 15) is 4.79 Å². The Hall–Kier alpha value is -3.79. The molecule has 39 heavy (non-hydrogen) atoms. The summed E-state index contributed by atoms with van der Waals surface area (Å²) in [5, 5.41) is 1.19. The molecule has 1 atom stereocenters. The van der Waals surface area contributed by atoms with E-state index in [1.54, 1.807) is 11.1 Å². The van der Waals surface area contributed by atoms with Gasteiger partial charge in [-0.2, -0.15) is 0 Å². The number of hydrogen-bond acceptors (Lipinski definition) is 7. The van der Waals surface area contributed by atoms with Crippen molar-refractivity contribution < 1.29 is 9.53 Å². The molecule has 1 aliphatic heterocycles. The number of benzene rings is 2. The summed E-state index contributed by atoms with van der Waals surface area (Å²) in [5.74, 6) is 0.747. The molecule has 3 aromatic heterocycles. The van der Waals surface area contributed by atoms with Crippen LogP contribution >= 0.6 is 22.9 Å². The number of halogens is 1. The lowest BCUT2D eigenvalue weighted by molar-refractivity contribution is -0.108. The van der Waals surface area contributed by atoms with Gasteiger partial charge in [-0.3, -0.25) is 14.7 Å². The first-order valence-electron chi connectivity index (χ1n) is 12.7. The van der Waals surface area contributed by atoms with E-state index in [4.69, 9.17) is 26.3 Å². The van der Waals surface area contributed by atoms with Crippen molar-refractivity contribution in [1.82, 2.24) is 19.5 Å². The number of pyridine rings is 1. The fourth-order valence-electron chi connectivity index (χ4n) is 4.95. The van der Waals surface area contributed by atoms with Gasteiger partial charge in [-0.1, -0.05) is 41.1 Å². The van der Waals surface area contributed by atoms with Crippen molar-refractivity contribution in [2.75, 3.05) is 36.1 Å². The molecule has 1 saturated heterocycles. The number of ether oxygens (including phenoxy) is 1. The number of fused-ring (bicyclic) bond motifs is 1. The lowest BCUT2D eigenvalue weighted by Gasteiger charge is -2.29. The molecule has 1 aliphatic rings. The maximum Gasteiger partial charge on any atom is 0.216 e. The molecular formula is C29H27ClN6O2S. The number of carbonyl (C=O) groups excluding carboxylic acids is 1. The van der Waals surface area contributed by atoms with Crippen LogP contribution in [0.1, 0.15) is 17.6 Å². The van der Waals surface area contributed by atoms with Crippen LogP contribution in [0.5, 0.6) is 0 Å². The van der Waals surface area contributed by atoms with Gasteiger partial charge in [0.25, 0.3) is 0 Å². The van der Waals surface area contributed by atoms with E-state index in [0.717, 1.165) is 65.7 Å². The molecule has 1 fully saturated rings. The van der Waals surface area contributed by atoms with E-state index in [-0.39, 0.29) is 0 Å². The topological polar surface area (TPSA) is 76.4 Å². The van der Waals surface area contributed by atoms with Crippen molar-refractivity contribution in [3.63, 3.8) is 0 Å². The van der Waals surface area contributed by atoms with Crippen molar-refractivity contribution in [3.05, 3.63) is 89.6 Å². The number of nitrogens with zero attached hydrogens (tertiary/aromatic N) is 6. The van der Waals surface area contributed by atoms with Crippen molar-refractivity contribution in [3.8, 4) is 11.3 Å². The molecule has 1 amide bonds. The van der Waals surface area contributed by atoms with Gasteiger partial charge in [0.05, 0.1) is 35.3 Å². The van der Waals surface area contributed by atoms with Crippen LogP contribution in [0, 0.1) is 0 Å². The molecule has 0 spiro atoms. The number of rotatable bonds is 8. The Bertz CT molecular complexity index is 1580. The number of carbonyl (C=O) groups is 1. The Balaban J connectivity index is 1.36. The van der Waals surface area contributed by atoms with Crippen LogP contribution < -0.4 is 9.80 Å². The van der Waals surface area contributed by atoms with Crippen LogP contribution in [0.25, 0.3) is 21.5 Å². The molecule has 4 heterocycles. The van der Waals surface area contributed by atoms with Gasteiger partial charge >= 0.3 is 0 Å². The van der Waals surface area contributed by atoms with Crippen LogP contribution in [-0.4, -0.2) is 52.2 Å². The van der Waals surface area contributed by atoms with Crippen LogP contribution in [0.4, 0.5) is 10.8 Å². The molecule has 5 aromatic rings. The SMILES string of the molecule is Cn1c(-c2ccc(N3CCOCC3)cc2)cnc1C(Cc1ccccn1)N(C=O)c1nc2cc(Cl)ccc2s1. The largest absolute Gasteiger partial charge is 0.378 e. The lowest BCUT2D eigenvalue weighted by Crippen LogP contribution is -2.36. The average Bonchev–Trinajstić information content (AvgIpc) is 3.57. The maximum absolute atomic E-state index is 12.6. The molecule has 8 nitrogen and oxygen atoms in total. The number of imidazole rings is 1. The minimum Gasteiger partial charge on any atom is -0.378 e. The molecule has 0 N–H and O–H groups in total. The van der Waals surface area contributed by atoms with Crippen LogP contribution in [0.2, 0.25) is 5.02 Å². The second-order valence-electron chi connectivity index (χ2n) is 9.37. The quantitative estimate of drug-likeness (QED) is 0.233. The molecule has 10 heteroatoms. The number of amides is 1. The van der Waals surface area contributed by atoms with Gasteiger partial charge in [-0.15, -0.1) is 0 Å². The van der Waals surface area contributed by atoms with Crippen molar-refractivity contribution in [2.24, 2.45) is 7.05 Å². The standard InChI is InChI=1S/C29H27ClN6O2S/c1-34-26(20-5-8-23(9-6-20)35-12-14-38-15-13-35)18-32-28(34)25(17-22-4-2-3-11-31-22)36(19-37)29-33-24-16-21(30)7-10-27(24)39-29/h2-11,16,18-19,25H,12-15,17H2,1H3. The molecule has 2 aromatic carbocycles. The van der Waals surface area contributed by atoms with Gasteiger partial charge in [0.2, 0.25) is 6.41 Å². The molecule has 0 bridgehead atoms. The number of aromatic nitrogens is 4. The minimum absolute atomic E-state index is 0.417. The maximum atomic E-state index is 12.6. The highest BCUT2D eigenvalue weighted by Gasteiger charge is 2.29. The monoisotopic (exact) mass is 558 g/mol. The summed E-state index contributed by atoms with van der Waals surface area (Å²) < 4.78 is 8.50.